The van der Waals surface area contributed by atoms with Crippen LogP contribution in [0.5, 0.6) is 0 Å². The van der Waals surface area contributed by atoms with Crippen LogP contribution in [0.4, 0.5) is 8.78 Å². The highest BCUT2D eigenvalue weighted by Gasteiger charge is 2.18. The molecule has 0 nitrogen and oxygen atoms in total. The SMILES string of the molecule is FC1=CCC1F. The number of alkyl halides is 1. The Hall–Kier alpha value is -0.400. The zero-order valence-electron chi connectivity index (χ0n) is 3.12. The number of rotatable bonds is 0. The number of halogens is 2. The van der Waals surface area contributed by atoms with Gasteiger partial charge in [0, 0.05) is 6.42 Å². The molecule has 0 aliphatic heterocycles. The lowest BCUT2D eigenvalue weighted by molar-refractivity contribution is 0.293. The average molecular weight is 90.1 g/mol. The quantitative estimate of drug-likeness (QED) is 0.423. The zero-order chi connectivity index (χ0) is 4.57. The van der Waals surface area contributed by atoms with Crippen molar-refractivity contribution in [3.63, 3.8) is 0 Å². The Kier molecular flexibility index (Phi) is 0.650. The van der Waals surface area contributed by atoms with Gasteiger partial charge in [-0.2, -0.15) is 0 Å². The van der Waals surface area contributed by atoms with Gasteiger partial charge in [-0.05, 0) is 6.08 Å². The summed E-state index contributed by atoms with van der Waals surface area (Å²) in [5, 5.41) is 0. The van der Waals surface area contributed by atoms with Crippen molar-refractivity contribution in [3.05, 3.63) is 11.9 Å². The van der Waals surface area contributed by atoms with Crippen LogP contribution in [-0.2, 0) is 0 Å². The molecule has 1 aliphatic carbocycles. The zero-order valence-corrected chi connectivity index (χ0v) is 3.12. The Balaban J connectivity index is 2.51. The number of allylic oxidation sites excluding steroid dienone is 2. The van der Waals surface area contributed by atoms with Gasteiger partial charge >= 0.3 is 0 Å². The van der Waals surface area contributed by atoms with Crippen LogP contribution in [0.3, 0.4) is 0 Å². The molecule has 0 aromatic heterocycles. The van der Waals surface area contributed by atoms with Crippen molar-refractivity contribution >= 4 is 0 Å². The summed E-state index contributed by atoms with van der Waals surface area (Å²) in [7, 11) is 0. The molecular formula is C4H4F2. The topological polar surface area (TPSA) is 0 Å². The molecule has 34 valence electrons. The molecule has 0 fully saturated rings. The Morgan fingerprint density at radius 2 is 2.33 bits per heavy atom. The van der Waals surface area contributed by atoms with Crippen molar-refractivity contribution in [1.29, 1.82) is 0 Å². The van der Waals surface area contributed by atoms with Gasteiger partial charge in [0.25, 0.3) is 0 Å². The smallest absolute Gasteiger partial charge is 0.155 e. The number of hydrogen-bond donors (Lipinski definition) is 0. The molecule has 0 spiro atoms. The standard InChI is InChI=1S/C4H4F2/c5-3-1-2-4(3)6/h1,4H,2H2. The van der Waals surface area contributed by atoms with Crippen LogP contribution in [0.25, 0.3) is 0 Å². The lowest BCUT2D eigenvalue weighted by atomic mass is 10.1. The van der Waals surface area contributed by atoms with Crippen molar-refractivity contribution in [2.75, 3.05) is 0 Å². The van der Waals surface area contributed by atoms with Gasteiger partial charge in [0.1, 0.15) is 5.83 Å². The van der Waals surface area contributed by atoms with E-state index in [4.69, 9.17) is 0 Å². The van der Waals surface area contributed by atoms with Crippen molar-refractivity contribution in [2.45, 2.75) is 12.6 Å². The fourth-order valence-corrected chi connectivity index (χ4v) is 0.296. The van der Waals surface area contributed by atoms with Crippen LogP contribution < -0.4 is 0 Å². The molecule has 6 heavy (non-hydrogen) atoms. The lowest BCUT2D eigenvalue weighted by Gasteiger charge is -2.09. The molecule has 0 aromatic carbocycles. The van der Waals surface area contributed by atoms with E-state index < -0.39 is 12.0 Å². The molecule has 2 heteroatoms. The predicted octanol–water partition coefficient (Wildman–Crippen LogP) is 1.58. The first-order valence-electron chi connectivity index (χ1n) is 1.80. The fraction of sp³-hybridized carbons (Fsp3) is 0.500. The minimum absolute atomic E-state index is 0.270. The van der Waals surface area contributed by atoms with Gasteiger partial charge in [0.05, 0.1) is 0 Å². The summed E-state index contributed by atoms with van der Waals surface area (Å²) in [5.41, 5.74) is 0. The van der Waals surface area contributed by atoms with E-state index in [0.717, 1.165) is 0 Å². The summed E-state index contributed by atoms with van der Waals surface area (Å²) in [4.78, 5) is 0. The second kappa shape index (κ2) is 1.03. The van der Waals surface area contributed by atoms with E-state index in [1.165, 1.54) is 6.08 Å². The molecule has 0 saturated heterocycles. The van der Waals surface area contributed by atoms with E-state index in [0.29, 0.717) is 0 Å². The molecule has 0 heterocycles. The summed E-state index contributed by atoms with van der Waals surface area (Å²) < 4.78 is 22.9. The average Bonchev–Trinajstić information content (AvgIpc) is 1.61. The normalized spacial score (nSPS) is 31.7. The minimum atomic E-state index is -1.27. The van der Waals surface area contributed by atoms with Crippen molar-refractivity contribution in [2.24, 2.45) is 0 Å². The molecule has 1 atom stereocenters. The summed E-state index contributed by atoms with van der Waals surface area (Å²) in [5.74, 6) is -0.602. The van der Waals surface area contributed by atoms with Gasteiger partial charge in [0.15, 0.2) is 6.17 Å². The van der Waals surface area contributed by atoms with Crippen LogP contribution in [0.15, 0.2) is 11.9 Å². The first kappa shape index (κ1) is 3.78. The van der Waals surface area contributed by atoms with Crippen LogP contribution >= 0.6 is 0 Å². The van der Waals surface area contributed by atoms with Crippen molar-refractivity contribution in [3.8, 4) is 0 Å². The second-order valence-corrected chi connectivity index (χ2v) is 1.29. The third kappa shape index (κ3) is 0.329. The largest absolute Gasteiger partial charge is 0.239 e. The molecule has 1 rings (SSSR count). The van der Waals surface area contributed by atoms with Gasteiger partial charge < -0.3 is 0 Å². The molecule has 0 bridgehead atoms. The van der Waals surface area contributed by atoms with E-state index in [2.05, 4.69) is 0 Å². The summed E-state index contributed by atoms with van der Waals surface area (Å²) in [6.07, 6.45) is 0.237. The van der Waals surface area contributed by atoms with Gasteiger partial charge in [-0.25, -0.2) is 8.78 Å². The van der Waals surface area contributed by atoms with E-state index in [9.17, 15) is 8.78 Å². The predicted molar refractivity (Wildman–Crippen MR) is 18.7 cm³/mol. The van der Waals surface area contributed by atoms with Crippen LogP contribution in [0, 0.1) is 0 Å². The van der Waals surface area contributed by atoms with Gasteiger partial charge in [0.2, 0.25) is 0 Å². The lowest BCUT2D eigenvalue weighted by Crippen LogP contribution is -2.07. The first-order valence-corrected chi connectivity index (χ1v) is 1.80. The molecule has 0 radical (unpaired) electrons. The summed E-state index contributed by atoms with van der Waals surface area (Å²) >= 11 is 0. The maximum atomic E-state index is 11.5. The molecular weight excluding hydrogens is 86.0 g/mol. The van der Waals surface area contributed by atoms with E-state index in [1.54, 1.807) is 0 Å². The van der Waals surface area contributed by atoms with Crippen LogP contribution in [0.2, 0.25) is 0 Å². The van der Waals surface area contributed by atoms with E-state index in [1.807, 2.05) is 0 Å². The maximum Gasteiger partial charge on any atom is 0.155 e. The third-order valence-electron chi connectivity index (χ3n) is 0.819. The Morgan fingerprint density at radius 3 is 2.33 bits per heavy atom. The van der Waals surface area contributed by atoms with Gasteiger partial charge in [-0.15, -0.1) is 0 Å². The van der Waals surface area contributed by atoms with Crippen molar-refractivity contribution < 1.29 is 8.78 Å². The molecule has 0 aromatic rings. The van der Waals surface area contributed by atoms with Crippen LogP contribution in [-0.4, -0.2) is 6.17 Å². The monoisotopic (exact) mass is 90.0 g/mol. The molecule has 1 aliphatic rings. The van der Waals surface area contributed by atoms with Crippen LogP contribution in [0.1, 0.15) is 6.42 Å². The fourth-order valence-electron chi connectivity index (χ4n) is 0.296. The summed E-state index contributed by atoms with van der Waals surface area (Å²) in [6, 6.07) is 0. The molecule has 1 unspecified atom stereocenters. The Labute approximate surface area is 34.5 Å². The second-order valence-electron chi connectivity index (χ2n) is 1.29. The molecule has 0 amide bonds. The molecule has 0 saturated carbocycles. The van der Waals surface area contributed by atoms with Gasteiger partial charge in [-0.3, -0.25) is 0 Å². The molecule has 0 N–H and O–H groups in total. The highest BCUT2D eigenvalue weighted by Crippen LogP contribution is 2.22. The summed E-state index contributed by atoms with van der Waals surface area (Å²) in [6.45, 7) is 0. The van der Waals surface area contributed by atoms with Gasteiger partial charge in [-0.1, -0.05) is 0 Å². The number of hydrogen-bond acceptors (Lipinski definition) is 0. The van der Waals surface area contributed by atoms with E-state index >= 15 is 0 Å². The van der Waals surface area contributed by atoms with Crippen molar-refractivity contribution in [1.82, 2.24) is 0 Å². The highest BCUT2D eigenvalue weighted by atomic mass is 19.2. The Bertz CT molecular complexity index is 85.5. The Morgan fingerprint density at radius 1 is 1.83 bits per heavy atom. The van der Waals surface area contributed by atoms with E-state index in [-0.39, 0.29) is 6.42 Å². The highest BCUT2D eigenvalue weighted by molar-refractivity contribution is 5.11. The maximum absolute atomic E-state index is 11.5. The third-order valence-corrected chi connectivity index (χ3v) is 0.819. The first-order chi connectivity index (χ1) is 2.80. The minimum Gasteiger partial charge on any atom is -0.239 e.